The van der Waals surface area contributed by atoms with E-state index >= 15 is 0 Å². The molecule has 5 N–H and O–H groups in total. The monoisotopic (exact) mass is 271 g/mol. The number of carbonyl (C=O) groups is 2. The summed E-state index contributed by atoms with van der Waals surface area (Å²) in [6, 6.07) is -1.39. The third-order valence-electron chi connectivity index (χ3n) is 3.87. The summed E-state index contributed by atoms with van der Waals surface area (Å²) in [6.45, 7) is 7.76. The molecule has 1 saturated carbocycles. The lowest BCUT2D eigenvalue weighted by Crippen LogP contribution is -2.63. The number of aliphatic hydroxyl groups excluding tert-OH is 1. The van der Waals surface area contributed by atoms with Crippen LogP contribution in [0.1, 0.15) is 40.5 Å². The molecule has 0 spiro atoms. The highest BCUT2D eigenvalue weighted by atomic mass is 16.3. The highest BCUT2D eigenvalue weighted by Crippen LogP contribution is 2.40. The standard InChI is InChI=1S/C13H25N3O3/c1-7(2)5-8(15-12(14)19)11(18)16-9-6-10(17)13(9,3)4/h7-10,17H,5-6H2,1-4H3,(H,16,18)(H3,14,15,19). The molecule has 0 saturated heterocycles. The van der Waals surface area contributed by atoms with Gasteiger partial charge in [-0.1, -0.05) is 27.7 Å². The predicted molar refractivity (Wildman–Crippen MR) is 72.3 cm³/mol. The molecule has 0 aromatic carbocycles. The van der Waals surface area contributed by atoms with E-state index < -0.39 is 18.2 Å². The van der Waals surface area contributed by atoms with E-state index in [9.17, 15) is 14.7 Å². The van der Waals surface area contributed by atoms with Crippen molar-refractivity contribution >= 4 is 11.9 Å². The van der Waals surface area contributed by atoms with Crippen LogP contribution in [0, 0.1) is 11.3 Å². The van der Waals surface area contributed by atoms with Crippen molar-refractivity contribution in [2.75, 3.05) is 0 Å². The molecular weight excluding hydrogens is 246 g/mol. The largest absolute Gasteiger partial charge is 0.392 e. The van der Waals surface area contributed by atoms with Gasteiger partial charge in [0.25, 0.3) is 0 Å². The van der Waals surface area contributed by atoms with E-state index in [0.717, 1.165) is 0 Å². The molecule has 3 atom stereocenters. The maximum Gasteiger partial charge on any atom is 0.312 e. The molecule has 0 aromatic heterocycles. The molecule has 0 heterocycles. The fourth-order valence-corrected chi connectivity index (χ4v) is 2.29. The van der Waals surface area contributed by atoms with Gasteiger partial charge < -0.3 is 21.5 Å². The van der Waals surface area contributed by atoms with Gasteiger partial charge in [0.15, 0.2) is 0 Å². The SMILES string of the molecule is CC(C)CC(NC(N)=O)C(=O)NC1CC(O)C1(C)C. The van der Waals surface area contributed by atoms with Crippen LogP contribution in [-0.4, -0.2) is 35.2 Å². The molecule has 0 aromatic rings. The Morgan fingerprint density at radius 2 is 2.00 bits per heavy atom. The van der Waals surface area contributed by atoms with Crippen LogP contribution in [0.4, 0.5) is 4.79 Å². The van der Waals surface area contributed by atoms with Crippen LogP contribution < -0.4 is 16.4 Å². The molecule has 1 aliphatic carbocycles. The number of carbonyl (C=O) groups excluding carboxylic acids is 2. The first kappa shape index (κ1) is 15.8. The highest BCUT2D eigenvalue weighted by molar-refractivity contribution is 5.86. The number of rotatable bonds is 5. The van der Waals surface area contributed by atoms with Crippen molar-refractivity contribution in [3.63, 3.8) is 0 Å². The number of aliphatic hydroxyl groups is 1. The lowest BCUT2D eigenvalue weighted by molar-refractivity contribution is -0.131. The van der Waals surface area contributed by atoms with Crippen molar-refractivity contribution in [3.8, 4) is 0 Å². The van der Waals surface area contributed by atoms with Crippen molar-refractivity contribution in [3.05, 3.63) is 0 Å². The summed E-state index contributed by atoms with van der Waals surface area (Å²) in [6.07, 6.45) is 0.680. The van der Waals surface area contributed by atoms with E-state index in [4.69, 9.17) is 5.73 Å². The molecule has 1 rings (SSSR count). The van der Waals surface area contributed by atoms with E-state index in [1.165, 1.54) is 0 Å². The minimum absolute atomic E-state index is 0.0701. The predicted octanol–water partition coefficient (Wildman–Crippen LogP) is 0.345. The van der Waals surface area contributed by atoms with Crippen molar-refractivity contribution < 1.29 is 14.7 Å². The Kier molecular flexibility index (Phi) is 4.79. The van der Waals surface area contributed by atoms with Crippen molar-refractivity contribution in [1.82, 2.24) is 10.6 Å². The number of nitrogens with two attached hydrogens (primary N) is 1. The Morgan fingerprint density at radius 3 is 2.37 bits per heavy atom. The lowest BCUT2D eigenvalue weighted by atomic mass is 9.64. The lowest BCUT2D eigenvalue weighted by Gasteiger charge is -2.49. The minimum atomic E-state index is -0.700. The molecule has 1 fully saturated rings. The molecule has 110 valence electrons. The second-order valence-corrected chi connectivity index (χ2v) is 6.32. The Bertz CT molecular complexity index is 355. The molecule has 6 nitrogen and oxygen atoms in total. The molecule has 0 aliphatic heterocycles. The Morgan fingerprint density at radius 1 is 1.42 bits per heavy atom. The van der Waals surface area contributed by atoms with Crippen LogP contribution in [0.15, 0.2) is 0 Å². The van der Waals surface area contributed by atoms with Crippen LogP contribution in [-0.2, 0) is 4.79 Å². The van der Waals surface area contributed by atoms with Crippen LogP contribution in [0.25, 0.3) is 0 Å². The summed E-state index contributed by atoms with van der Waals surface area (Å²) < 4.78 is 0. The van der Waals surface area contributed by atoms with Gasteiger partial charge in [-0.05, 0) is 18.8 Å². The number of urea groups is 1. The molecule has 19 heavy (non-hydrogen) atoms. The number of amides is 3. The van der Waals surface area contributed by atoms with Gasteiger partial charge in [0, 0.05) is 11.5 Å². The molecule has 0 bridgehead atoms. The molecule has 6 heteroatoms. The van der Waals surface area contributed by atoms with Gasteiger partial charge in [-0.3, -0.25) is 4.79 Å². The Labute approximate surface area is 114 Å². The summed E-state index contributed by atoms with van der Waals surface area (Å²) in [5.41, 5.74) is 4.76. The van der Waals surface area contributed by atoms with E-state index in [1.54, 1.807) is 0 Å². The fourth-order valence-electron chi connectivity index (χ4n) is 2.29. The number of hydrogen-bond donors (Lipinski definition) is 4. The summed E-state index contributed by atoms with van der Waals surface area (Å²) in [5, 5.41) is 15.0. The average molecular weight is 271 g/mol. The molecule has 3 amide bonds. The maximum absolute atomic E-state index is 12.1. The van der Waals surface area contributed by atoms with E-state index in [0.29, 0.717) is 12.8 Å². The van der Waals surface area contributed by atoms with Crippen LogP contribution >= 0.6 is 0 Å². The van der Waals surface area contributed by atoms with E-state index in [1.807, 2.05) is 27.7 Å². The highest BCUT2D eigenvalue weighted by Gasteiger charge is 2.48. The molecule has 3 unspecified atom stereocenters. The van der Waals surface area contributed by atoms with E-state index in [-0.39, 0.29) is 23.3 Å². The molecule has 1 aliphatic rings. The zero-order valence-corrected chi connectivity index (χ0v) is 12.1. The van der Waals surface area contributed by atoms with Crippen LogP contribution in [0.3, 0.4) is 0 Å². The Hall–Kier alpha value is -1.30. The van der Waals surface area contributed by atoms with Crippen LogP contribution in [0.2, 0.25) is 0 Å². The zero-order valence-electron chi connectivity index (χ0n) is 12.1. The maximum atomic E-state index is 12.1. The van der Waals surface area contributed by atoms with Gasteiger partial charge in [0.1, 0.15) is 6.04 Å². The summed E-state index contributed by atoms with van der Waals surface area (Å²) in [5.74, 6) is 0.0278. The smallest absolute Gasteiger partial charge is 0.312 e. The normalized spacial score (nSPS) is 26.4. The first-order valence-electron chi connectivity index (χ1n) is 6.69. The number of nitrogens with one attached hydrogen (secondary N) is 2. The summed E-state index contributed by atoms with van der Waals surface area (Å²) >= 11 is 0. The third-order valence-corrected chi connectivity index (χ3v) is 3.87. The minimum Gasteiger partial charge on any atom is -0.392 e. The third kappa shape index (κ3) is 3.83. The quantitative estimate of drug-likeness (QED) is 0.579. The average Bonchev–Trinajstić information content (AvgIpc) is 2.26. The van der Waals surface area contributed by atoms with Gasteiger partial charge in [0.2, 0.25) is 5.91 Å². The first-order chi connectivity index (χ1) is 8.64. The van der Waals surface area contributed by atoms with Gasteiger partial charge in [-0.25, -0.2) is 4.79 Å². The second-order valence-electron chi connectivity index (χ2n) is 6.32. The number of primary amides is 1. The zero-order chi connectivity index (χ0) is 14.8. The van der Waals surface area contributed by atoms with Crippen molar-refractivity contribution in [2.24, 2.45) is 17.1 Å². The van der Waals surface area contributed by atoms with Crippen LogP contribution in [0.5, 0.6) is 0 Å². The first-order valence-corrected chi connectivity index (χ1v) is 6.69. The topological polar surface area (TPSA) is 104 Å². The molecular formula is C13H25N3O3. The van der Waals surface area contributed by atoms with E-state index in [2.05, 4.69) is 10.6 Å². The summed E-state index contributed by atoms with van der Waals surface area (Å²) in [4.78, 5) is 23.1. The molecule has 0 radical (unpaired) electrons. The van der Waals surface area contributed by atoms with Gasteiger partial charge in [-0.2, -0.15) is 0 Å². The van der Waals surface area contributed by atoms with Crippen molar-refractivity contribution in [2.45, 2.75) is 58.7 Å². The summed E-state index contributed by atoms with van der Waals surface area (Å²) in [7, 11) is 0. The Balaban J connectivity index is 2.60. The van der Waals surface area contributed by atoms with Gasteiger partial charge >= 0.3 is 6.03 Å². The van der Waals surface area contributed by atoms with Crippen molar-refractivity contribution in [1.29, 1.82) is 0 Å². The fraction of sp³-hybridized carbons (Fsp3) is 0.846. The number of hydrogen-bond acceptors (Lipinski definition) is 3. The van der Waals surface area contributed by atoms with Gasteiger partial charge in [0.05, 0.1) is 6.10 Å². The van der Waals surface area contributed by atoms with Gasteiger partial charge in [-0.15, -0.1) is 0 Å². The second kappa shape index (κ2) is 5.77.